The van der Waals surface area contributed by atoms with Crippen molar-refractivity contribution < 1.29 is 9.47 Å². The standard InChI is InChI=1S/C20H23NO2S/c1-13(2)16-12-23-20(21-16)15-9-7-10-17(22-3)19(15)14-8-5-6-11-18(14)24-4/h5-11,13,16H,12H2,1-4H3/t16-/m1/s1. The van der Waals surface area contributed by atoms with Crippen LogP contribution < -0.4 is 4.74 Å². The van der Waals surface area contributed by atoms with Gasteiger partial charge in [-0.1, -0.05) is 38.1 Å². The average Bonchev–Trinajstić information content (AvgIpc) is 3.11. The van der Waals surface area contributed by atoms with E-state index >= 15 is 0 Å². The molecule has 3 rings (SSSR count). The molecule has 0 aromatic heterocycles. The number of hydrogen-bond donors (Lipinski definition) is 0. The number of ether oxygens (including phenoxy) is 2. The lowest BCUT2D eigenvalue weighted by Gasteiger charge is -2.16. The minimum absolute atomic E-state index is 0.217. The minimum atomic E-state index is 0.217. The van der Waals surface area contributed by atoms with Crippen LogP contribution in [0.4, 0.5) is 0 Å². The summed E-state index contributed by atoms with van der Waals surface area (Å²) in [4.78, 5) is 6.02. The van der Waals surface area contributed by atoms with Crippen LogP contribution in [0.25, 0.3) is 11.1 Å². The molecule has 126 valence electrons. The highest BCUT2D eigenvalue weighted by molar-refractivity contribution is 7.98. The number of hydrogen-bond acceptors (Lipinski definition) is 4. The van der Waals surface area contributed by atoms with E-state index in [0.717, 1.165) is 28.3 Å². The van der Waals surface area contributed by atoms with Gasteiger partial charge in [-0.3, -0.25) is 0 Å². The number of aliphatic imine (C=N–C) groups is 1. The highest BCUT2D eigenvalue weighted by atomic mass is 32.2. The number of benzene rings is 2. The van der Waals surface area contributed by atoms with Crippen LogP contribution in [0.15, 0.2) is 52.4 Å². The molecular weight excluding hydrogens is 318 g/mol. The van der Waals surface area contributed by atoms with Gasteiger partial charge in [0, 0.05) is 16.0 Å². The molecule has 0 N–H and O–H groups in total. The zero-order valence-corrected chi connectivity index (χ0v) is 15.4. The van der Waals surface area contributed by atoms with E-state index in [9.17, 15) is 0 Å². The molecule has 1 heterocycles. The first kappa shape index (κ1) is 16.9. The minimum Gasteiger partial charge on any atom is -0.496 e. The molecule has 2 aromatic carbocycles. The lowest BCUT2D eigenvalue weighted by atomic mass is 9.98. The van der Waals surface area contributed by atoms with E-state index in [1.54, 1.807) is 18.9 Å². The Balaban J connectivity index is 2.17. The van der Waals surface area contributed by atoms with Crippen molar-refractivity contribution in [2.45, 2.75) is 24.8 Å². The summed E-state index contributed by atoms with van der Waals surface area (Å²) in [5, 5.41) is 0. The first-order chi connectivity index (χ1) is 11.7. The Kier molecular flexibility index (Phi) is 5.14. The van der Waals surface area contributed by atoms with E-state index in [-0.39, 0.29) is 6.04 Å². The Morgan fingerprint density at radius 1 is 1.12 bits per heavy atom. The van der Waals surface area contributed by atoms with Crippen LogP contribution in [0.5, 0.6) is 5.75 Å². The molecule has 0 saturated carbocycles. The van der Waals surface area contributed by atoms with Gasteiger partial charge in [0.1, 0.15) is 12.4 Å². The Labute approximate surface area is 148 Å². The summed E-state index contributed by atoms with van der Waals surface area (Å²) in [5.41, 5.74) is 3.20. The van der Waals surface area contributed by atoms with Crippen LogP contribution in [0.3, 0.4) is 0 Å². The SMILES string of the molecule is COc1cccc(C2=N[C@@H](C(C)C)CO2)c1-c1ccccc1SC. The van der Waals surface area contributed by atoms with Gasteiger partial charge in [0.25, 0.3) is 0 Å². The summed E-state index contributed by atoms with van der Waals surface area (Å²) >= 11 is 1.73. The van der Waals surface area contributed by atoms with Crippen LogP contribution in [-0.2, 0) is 4.74 Å². The van der Waals surface area contributed by atoms with Gasteiger partial charge in [0.05, 0.1) is 13.2 Å². The van der Waals surface area contributed by atoms with E-state index < -0.39 is 0 Å². The predicted molar refractivity (Wildman–Crippen MR) is 101 cm³/mol. The zero-order chi connectivity index (χ0) is 17.1. The van der Waals surface area contributed by atoms with Gasteiger partial charge in [-0.15, -0.1) is 11.8 Å². The summed E-state index contributed by atoms with van der Waals surface area (Å²) in [6.45, 7) is 5.00. The van der Waals surface area contributed by atoms with Crippen molar-refractivity contribution in [2.24, 2.45) is 10.9 Å². The van der Waals surface area contributed by atoms with Gasteiger partial charge < -0.3 is 9.47 Å². The smallest absolute Gasteiger partial charge is 0.217 e. The van der Waals surface area contributed by atoms with Gasteiger partial charge >= 0.3 is 0 Å². The van der Waals surface area contributed by atoms with Gasteiger partial charge in [-0.25, -0.2) is 4.99 Å². The maximum atomic E-state index is 5.94. The third kappa shape index (κ3) is 3.16. The molecule has 1 aliphatic heterocycles. The van der Waals surface area contributed by atoms with Gasteiger partial charge in [0.2, 0.25) is 5.90 Å². The number of methoxy groups -OCH3 is 1. The Hall–Kier alpha value is -1.94. The van der Waals surface area contributed by atoms with Crippen LogP contribution in [0.1, 0.15) is 19.4 Å². The Bertz CT molecular complexity index is 755. The zero-order valence-electron chi connectivity index (χ0n) is 14.6. The summed E-state index contributed by atoms with van der Waals surface area (Å²) in [5.74, 6) is 2.03. The molecule has 4 heteroatoms. The fourth-order valence-corrected chi connectivity index (χ4v) is 3.49. The summed E-state index contributed by atoms with van der Waals surface area (Å²) in [7, 11) is 1.71. The van der Waals surface area contributed by atoms with E-state index in [0.29, 0.717) is 12.5 Å². The fraction of sp³-hybridized carbons (Fsp3) is 0.350. The van der Waals surface area contributed by atoms with Crippen molar-refractivity contribution in [1.82, 2.24) is 0 Å². The third-order valence-electron chi connectivity index (χ3n) is 4.30. The van der Waals surface area contributed by atoms with Gasteiger partial charge in [-0.05, 0) is 35.9 Å². The molecule has 0 fully saturated rings. The third-order valence-corrected chi connectivity index (χ3v) is 5.09. The summed E-state index contributed by atoms with van der Waals surface area (Å²) in [6, 6.07) is 14.6. The maximum absolute atomic E-state index is 5.94. The van der Waals surface area contributed by atoms with Crippen molar-refractivity contribution in [3.05, 3.63) is 48.0 Å². The van der Waals surface area contributed by atoms with Crippen LogP contribution >= 0.6 is 11.8 Å². The topological polar surface area (TPSA) is 30.8 Å². The molecular formula is C20H23NO2S. The monoisotopic (exact) mass is 341 g/mol. The van der Waals surface area contributed by atoms with E-state index in [1.807, 2.05) is 12.1 Å². The number of thioether (sulfide) groups is 1. The van der Waals surface area contributed by atoms with E-state index in [4.69, 9.17) is 14.5 Å². The molecule has 24 heavy (non-hydrogen) atoms. The molecule has 0 unspecified atom stereocenters. The molecule has 0 bridgehead atoms. The molecule has 0 spiro atoms. The molecule has 0 amide bonds. The lowest BCUT2D eigenvalue weighted by molar-refractivity contribution is 0.292. The first-order valence-corrected chi connectivity index (χ1v) is 9.39. The number of rotatable bonds is 5. The maximum Gasteiger partial charge on any atom is 0.217 e. The molecule has 1 aliphatic rings. The molecule has 1 atom stereocenters. The second kappa shape index (κ2) is 7.31. The lowest BCUT2D eigenvalue weighted by Crippen LogP contribution is -2.13. The van der Waals surface area contributed by atoms with Crippen molar-refractivity contribution >= 4 is 17.7 Å². The normalized spacial score (nSPS) is 16.9. The molecule has 0 saturated heterocycles. The first-order valence-electron chi connectivity index (χ1n) is 8.17. The van der Waals surface area contributed by atoms with Crippen LogP contribution in [0.2, 0.25) is 0 Å². The predicted octanol–water partition coefficient (Wildman–Crippen LogP) is 4.89. The average molecular weight is 341 g/mol. The molecule has 0 aliphatic carbocycles. The second-order valence-corrected chi connectivity index (χ2v) is 6.99. The quantitative estimate of drug-likeness (QED) is 0.726. The molecule has 2 aromatic rings. The Morgan fingerprint density at radius 2 is 1.88 bits per heavy atom. The van der Waals surface area contributed by atoms with E-state index in [2.05, 4.69) is 50.4 Å². The van der Waals surface area contributed by atoms with Crippen LogP contribution in [0, 0.1) is 5.92 Å². The fourth-order valence-electron chi connectivity index (χ4n) is 2.89. The van der Waals surface area contributed by atoms with Gasteiger partial charge in [0.15, 0.2) is 0 Å². The van der Waals surface area contributed by atoms with E-state index in [1.165, 1.54) is 4.90 Å². The van der Waals surface area contributed by atoms with Crippen LogP contribution in [-0.4, -0.2) is 31.9 Å². The highest BCUT2D eigenvalue weighted by Crippen LogP contribution is 2.39. The molecule has 3 nitrogen and oxygen atoms in total. The second-order valence-electron chi connectivity index (χ2n) is 6.14. The summed E-state index contributed by atoms with van der Waals surface area (Å²) in [6.07, 6.45) is 2.09. The molecule has 0 radical (unpaired) electrons. The van der Waals surface area contributed by atoms with Crippen molar-refractivity contribution in [1.29, 1.82) is 0 Å². The van der Waals surface area contributed by atoms with Crippen molar-refractivity contribution in [3.63, 3.8) is 0 Å². The number of nitrogens with zero attached hydrogens (tertiary/aromatic N) is 1. The Morgan fingerprint density at radius 3 is 2.54 bits per heavy atom. The largest absolute Gasteiger partial charge is 0.496 e. The van der Waals surface area contributed by atoms with Crippen molar-refractivity contribution in [2.75, 3.05) is 20.0 Å². The highest BCUT2D eigenvalue weighted by Gasteiger charge is 2.26. The van der Waals surface area contributed by atoms with Crippen molar-refractivity contribution in [3.8, 4) is 16.9 Å². The van der Waals surface area contributed by atoms with Gasteiger partial charge in [-0.2, -0.15) is 0 Å². The summed E-state index contributed by atoms with van der Waals surface area (Å²) < 4.78 is 11.6.